The summed E-state index contributed by atoms with van der Waals surface area (Å²) >= 11 is 7.51. The molecule has 1 atom stereocenters. The Morgan fingerprint density at radius 3 is 2.90 bits per heavy atom. The zero-order valence-corrected chi connectivity index (χ0v) is 18.2. The van der Waals surface area contributed by atoms with Gasteiger partial charge < -0.3 is 5.32 Å². The summed E-state index contributed by atoms with van der Waals surface area (Å²) in [7, 11) is 0. The molecule has 1 amide bonds. The van der Waals surface area contributed by atoms with Gasteiger partial charge >= 0.3 is 0 Å². The van der Waals surface area contributed by atoms with Crippen molar-refractivity contribution in [3.63, 3.8) is 0 Å². The summed E-state index contributed by atoms with van der Waals surface area (Å²) in [6.45, 7) is 6.60. The van der Waals surface area contributed by atoms with Crippen LogP contribution in [0.2, 0.25) is 5.02 Å². The number of rotatable bonds is 3. The highest BCUT2D eigenvalue weighted by molar-refractivity contribution is 7.18. The lowest BCUT2D eigenvalue weighted by Crippen LogP contribution is -2.31. The predicted octanol–water partition coefficient (Wildman–Crippen LogP) is 4.30. The molecular weight excluding hydrogens is 408 g/mol. The minimum atomic E-state index is -0.347. The second-order valence-corrected chi connectivity index (χ2v) is 10.1. The molecular formula is C21H23ClN4O2S. The van der Waals surface area contributed by atoms with Crippen molar-refractivity contribution in [1.29, 1.82) is 0 Å². The Morgan fingerprint density at radius 1 is 1.38 bits per heavy atom. The lowest BCUT2D eigenvalue weighted by Gasteiger charge is -2.33. The maximum Gasteiger partial charge on any atom is 0.279 e. The normalized spacial score (nSPS) is 16.6. The molecule has 29 heavy (non-hydrogen) atoms. The number of thiophene rings is 1. The van der Waals surface area contributed by atoms with E-state index in [4.69, 9.17) is 11.6 Å². The van der Waals surface area contributed by atoms with E-state index in [9.17, 15) is 9.59 Å². The van der Waals surface area contributed by atoms with Gasteiger partial charge in [-0.2, -0.15) is 0 Å². The van der Waals surface area contributed by atoms with Gasteiger partial charge in [0, 0.05) is 15.6 Å². The number of aryl methyl sites for hydroxylation is 1. The molecule has 0 fully saturated rings. The summed E-state index contributed by atoms with van der Waals surface area (Å²) in [5.41, 5.74) is 1.65. The van der Waals surface area contributed by atoms with E-state index in [0.29, 0.717) is 26.8 Å². The maximum absolute atomic E-state index is 13.0. The smallest absolute Gasteiger partial charge is 0.279 e. The highest BCUT2D eigenvalue weighted by Crippen LogP contribution is 2.41. The topological polar surface area (TPSA) is 76.9 Å². The number of carbonyl (C=O) groups excluding carboxylic acids is 1. The molecule has 0 saturated carbocycles. The van der Waals surface area contributed by atoms with Crippen LogP contribution in [-0.4, -0.2) is 20.9 Å². The van der Waals surface area contributed by atoms with E-state index in [-0.39, 0.29) is 23.4 Å². The van der Waals surface area contributed by atoms with Gasteiger partial charge in [0.15, 0.2) is 4.83 Å². The van der Waals surface area contributed by atoms with E-state index in [0.717, 1.165) is 29.5 Å². The second-order valence-electron chi connectivity index (χ2n) is 8.60. The highest BCUT2D eigenvalue weighted by Gasteiger charge is 2.32. The summed E-state index contributed by atoms with van der Waals surface area (Å²) in [5, 5.41) is 12.1. The molecule has 1 N–H and O–H groups in total. The standard InChI is InChI=1S/C21H23ClN4O2S/c1-21(2,3)12-7-8-15-16(9-12)29-19-18(15)20(28)26(25-24-19)11-17(27)23-14-6-4-5-13(22)10-14/h4-6,10,12H,7-9,11H2,1-3H3,(H,23,27)/t12-/m0/s1. The molecule has 2 aromatic heterocycles. The number of benzene rings is 1. The van der Waals surface area contributed by atoms with Crippen molar-refractivity contribution in [2.75, 3.05) is 5.32 Å². The fourth-order valence-corrected chi connectivity index (χ4v) is 5.30. The Kier molecular flexibility index (Phi) is 5.21. The molecule has 3 aromatic rings. The summed E-state index contributed by atoms with van der Waals surface area (Å²) in [6, 6.07) is 6.86. The number of hydrogen-bond donors (Lipinski definition) is 1. The van der Waals surface area contributed by atoms with Crippen LogP contribution in [0.1, 0.15) is 37.6 Å². The Hall–Kier alpha value is -2.25. The highest BCUT2D eigenvalue weighted by atomic mass is 35.5. The Balaban J connectivity index is 1.60. The monoisotopic (exact) mass is 430 g/mol. The molecule has 1 aliphatic carbocycles. The van der Waals surface area contributed by atoms with Crippen molar-refractivity contribution in [2.24, 2.45) is 11.3 Å². The number of carbonyl (C=O) groups is 1. The van der Waals surface area contributed by atoms with E-state index in [1.807, 2.05) is 0 Å². The number of nitrogens with zero attached hydrogens (tertiary/aromatic N) is 3. The van der Waals surface area contributed by atoms with Crippen molar-refractivity contribution in [1.82, 2.24) is 15.0 Å². The number of nitrogens with one attached hydrogen (secondary N) is 1. The van der Waals surface area contributed by atoms with Crippen molar-refractivity contribution < 1.29 is 4.79 Å². The Morgan fingerprint density at radius 2 is 2.17 bits per heavy atom. The van der Waals surface area contributed by atoms with Gasteiger partial charge in [-0.1, -0.05) is 43.7 Å². The lowest BCUT2D eigenvalue weighted by molar-refractivity contribution is -0.117. The molecule has 1 aromatic carbocycles. The zero-order chi connectivity index (χ0) is 20.8. The Labute approximate surface area is 177 Å². The van der Waals surface area contributed by atoms with Crippen LogP contribution in [0, 0.1) is 11.3 Å². The van der Waals surface area contributed by atoms with Gasteiger partial charge in [0.05, 0.1) is 5.39 Å². The SMILES string of the molecule is CC(C)(C)[C@H]1CCc2c(sc3nnn(CC(=O)Nc4cccc(Cl)c4)c(=O)c23)C1. The van der Waals surface area contributed by atoms with Crippen LogP contribution < -0.4 is 10.9 Å². The van der Waals surface area contributed by atoms with Crippen LogP contribution in [0.15, 0.2) is 29.1 Å². The summed E-state index contributed by atoms with van der Waals surface area (Å²) in [4.78, 5) is 27.3. The van der Waals surface area contributed by atoms with Gasteiger partial charge in [-0.25, -0.2) is 4.68 Å². The lowest BCUT2D eigenvalue weighted by atomic mass is 9.72. The van der Waals surface area contributed by atoms with Gasteiger partial charge in [-0.05, 0) is 54.4 Å². The van der Waals surface area contributed by atoms with E-state index in [2.05, 4.69) is 36.4 Å². The van der Waals surface area contributed by atoms with E-state index in [1.165, 1.54) is 4.88 Å². The molecule has 0 radical (unpaired) electrons. The van der Waals surface area contributed by atoms with Crippen LogP contribution in [0.25, 0.3) is 10.2 Å². The van der Waals surface area contributed by atoms with Crippen molar-refractivity contribution in [3.8, 4) is 0 Å². The summed E-state index contributed by atoms with van der Waals surface area (Å²) in [6.07, 6.45) is 2.89. The fourth-order valence-electron chi connectivity index (χ4n) is 3.87. The van der Waals surface area contributed by atoms with Crippen LogP contribution in [0.5, 0.6) is 0 Å². The first-order valence-corrected chi connectivity index (χ1v) is 10.9. The largest absolute Gasteiger partial charge is 0.324 e. The quantitative estimate of drug-likeness (QED) is 0.672. The van der Waals surface area contributed by atoms with Gasteiger partial charge in [-0.3, -0.25) is 9.59 Å². The molecule has 0 unspecified atom stereocenters. The zero-order valence-electron chi connectivity index (χ0n) is 16.7. The number of fused-ring (bicyclic) bond motifs is 3. The number of anilines is 1. The molecule has 152 valence electrons. The molecule has 4 rings (SSSR count). The van der Waals surface area contributed by atoms with Crippen LogP contribution in [-0.2, 0) is 24.2 Å². The van der Waals surface area contributed by atoms with E-state index >= 15 is 0 Å². The number of aromatic nitrogens is 3. The second kappa shape index (κ2) is 7.54. The van der Waals surface area contributed by atoms with Crippen molar-refractivity contribution in [3.05, 3.63) is 50.1 Å². The summed E-state index contributed by atoms with van der Waals surface area (Å²) < 4.78 is 1.14. The van der Waals surface area contributed by atoms with Gasteiger partial charge in [-0.15, -0.1) is 16.4 Å². The predicted molar refractivity (Wildman–Crippen MR) is 117 cm³/mol. The van der Waals surface area contributed by atoms with Crippen molar-refractivity contribution in [2.45, 2.75) is 46.6 Å². The first-order valence-electron chi connectivity index (χ1n) is 9.66. The molecule has 2 heterocycles. The third kappa shape index (κ3) is 4.07. The molecule has 8 heteroatoms. The minimum Gasteiger partial charge on any atom is -0.324 e. The molecule has 0 bridgehead atoms. The maximum atomic E-state index is 13.0. The van der Waals surface area contributed by atoms with Crippen LogP contribution in [0.4, 0.5) is 5.69 Å². The number of hydrogen-bond acceptors (Lipinski definition) is 5. The first-order chi connectivity index (χ1) is 13.7. The first kappa shape index (κ1) is 20.0. The Bertz CT molecular complexity index is 1150. The molecule has 1 aliphatic rings. The van der Waals surface area contributed by atoms with Crippen molar-refractivity contribution >= 4 is 44.7 Å². The van der Waals surface area contributed by atoms with Crippen LogP contribution in [0.3, 0.4) is 0 Å². The average Bonchev–Trinajstić information content (AvgIpc) is 3.01. The number of halogens is 1. The third-order valence-corrected chi connectivity index (χ3v) is 6.94. The fraction of sp³-hybridized carbons (Fsp3) is 0.429. The summed E-state index contributed by atoms with van der Waals surface area (Å²) in [5.74, 6) is 0.238. The van der Waals surface area contributed by atoms with Gasteiger partial charge in [0.25, 0.3) is 5.56 Å². The average molecular weight is 431 g/mol. The molecule has 6 nitrogen and oxygen atoms in total. The van der Waals surface area contributed by atoms with Gasteiger partial charge in [0.2, 0.25) is 5.91 Å². The number of amides is 1. The molecule has 0 spiro atoms. The van der Waals surface area contributed by atoms with E-state index in [1.54, 1.807) is 35.6 Å². The molecule has 0 saturated heterocycles. The van der Waals surface area contributed by atoms with Gasteiger partial charge in [0.1, 0.15) is 6.54 Å². The molecule has 0 aliphatic heterocycles. The minimum absolute atomic E-state index is 0.191. The van der Waals surface area contributed by atoms with Crippen LogP contribution >= 0.6 is 22.9 Å². The van der Waals surface area contributed by atoms with E-state index < -0.39 is 0 Å². The third-order valence-electron chi connectivity index (χ3n) is 5.57.